The molecule has 0 fully saturated rings. The van der Waals surface area contributed by atoms with Crippen LogP contribution in [-0.4, -0.2) is 46.3 Å². The number of carbonyl (C=O) groups is 2. The molecule has 0 aromatic carbocycles. The number of rotatable bonds is 3. The number of hydrogen-bond acceptors (Lipinski definition) is 3. The van der Waals surface area contributed by atoms with E-state index in [9.17, 15) is 22.8 Å². The lowest BCUT2D eigenvalue weighted by Gasteiger charge is -2.23. The Morgan fingerprint density at radius 1 is 1.39 bits per heavy atom. The molecule has 0 aliphatic carbocycles. The van der Waals surface area contributed by atoms with Crippen molar-refractivity contribution in [2.75, 3.05) is 13.1 Å². The molecular weight excluding hydrogens is 315 g/mol. The molecular formula is C14H14F3N3O3. The second-order valence-corrected chi connectivity index (χ2v) is 4.94. The van der Waals surface area contributed by atoms with E-state index in [1.807, 2.05) is 0 Å². The summed E-state index contributed by atoms with van der Waals surface area (Å²) in [4.78, 5) is 27.0. The van der Waals surface area contributed by atoms with Crippen molar-refractivity contribution in [2.24, 2.45) is 0 Å². The van der Waals surface area contributed by atoms with E-state index in [1.54, 1.807) is 17.5 Å². The molecule has 2 rings (SSSR count). The van der Waals surface area contributed by atoms with Crippen LogP contribution in [0.1, 0.15) is 17.7 Å². The SMILES string of the molecule is O=C(O)N1CC=C(c2cc(CNC(=O)C(F)(F)F)ccn2)CC1. The Labute approximate surface area is 129 Å². The third-order valence-electron chi connectivity index (χ3n) is 3.34. The highest BCUT2D eigenvalue weighted by Gasteiger charge is 2.38. The van der Waals surface area contributed by atoms with Crippen LogP contribution < -0.4 is 5.32 Å². The highest BCUT2D eigenvalue weighted by Crippen LogP contribution is 2.21. The van der Waals surface area contributed by atoms with Crippen LogP contribution in [0.15, 0.2) is 24.4 Å². The summed E-state index contributed by atoms with van der Waals surface area (Å²) < 4.78 is 36.4. The Bertz CT molecular complexity index is 644. The lowest BCUT2D eigenvalue weighted by Crippen LogP contribution is -2.36. The highest BCUT2D eigenvalue weighted by molar-refractivity contribution is 5.81. The fourth-order valence-corrected chi connectivity index (χ4v) is 2.12. The number of pyridine rings is 1. The summed E-state index contributed by atoms with van der Waals surface area (Å²) in [5, 5.41) is 10.7. The number of nitrogens with zero attached hydrogens (tertiary/aromatic N) is 2. The molecule has 23 heavy (non-hydrogen) atoms. The van der Waals surface area contributed by atoms with Crippen molar-refractivity contribution in [1.82, 2.24) is 15.2 Å². The average molecular weight is 329 g/mol. The van der Waals surface area contributed by atoms with Crippen molar-refractivity contribution in [3.8, 4) is 0 Å². The van der Waals surface area contributed by atoms with Gasteiger partial charge in [0.15, 0.2) is 0 Å². The number of nitrogens with one attached hydrogen (secondary N) is 1. The largest absolute Gasteiger partial charge is 0.471 e. The predicted molar refractivity (Wildman–Crippen MR) is 74.3 cm³/mol. The van der Waals surface area contributed by atoms with Crippen molar-refractivity contribution < 1.29 is 27.9 Å². The van der Waals surface area contributed by atoms with Crippen LogP contribution in [0.5, 0.6) is 0 Å². The van der Waals surface area contributed by atoms with Gasteiger partial charge in [0.05, 0.1) is 5.69 Å². The van der Waals surface area contributed by atoms with Gasteiger partial charge in [-0.2, -0.15) is 13.2 Å². The van der Waals surface area contributed by atoms with Crippen LogP contribution in [0.4, 0.5) is 18.0 Å². The smallest absolute Gasteiger partial charge is 0.465 e. The molecule has 6 nitrogen and oxygen atoms in total. The van der Waals surface area contributed by atoms with E-state index in [0.717, 1.165) is 5.57 Å². The van der Waals surface area contributed by atoms with Gasteiger partial charge in [0.25, 0.3) is 0 Å². The van der Waals surface area contributed by atoms with E-state index in [2.05, 4.69) is 4.98 Å². The van der Waals surface area contributed by atoms with Crippen LogP contribution in [0.25, 0.3) is 5.57 Å². The molecule has 0 atom stereocenters. The van der Waals surface area contributed by atoms with Crippen molar-refractivity contribution >= 4 is 17.6 Å². The molecule has 2 N–H and O–H groups in total. The Morgan fingerprint density at radius 3 is 2.70 bits per heavy atom. The first kappa shape index (κ1) is 16.8. The molecule has 9 heteroatoms. The molecule has 1 aliphatic heterocycles. The van der Waals surface area contributed by atoms with Gasteiger partial charge in [0, 0.05) is 25.8 Å². The van der Waals surface area contributed by atoms with Crippen LogP contribution in [0.2, 0.25) is 0 Å². The number of carboxylic acid groups (broad SMARTS) is 1. The van der Waals surface area contributed by atoms with Crippen molar-refractivity contribution in [1.29, 1.82) is 0 Å². The fourth-order valence-electron chi connectivity index (χ4n) is 2.12. The minimum atomic E-state index is -4.91. The summed E-state index contributed by atoms with van der Waals surface area (Å²) in [6.45, 7) is 0.307. The quantitative estimate of drug-likeness (QED) is 0.889. The van der Waals surface area contributed by atoms with Gasteiger partial charge in [-0.3, -0.25) is 9.78 Å². The molecule has 1 aromatic heterocycles. The molecule has 0 bridgehead atoms. The summed E-state index contributed by atoms with van der Waals surface area (Å²) in [5.74, 6) is -2.00. The first-order valence-corrected chi connectivity index (χ1v) is 6.74. The minimum Gasteiger partial charge on any atom is -0.465 e. The van der Waals surface area contributed by atoms with Gasteiger partial charge in [-0.15, -0.1) is 0 Å². The predicted octanol–water partition coefficient (Wildman–Crippen LogP) is 2.03. The zero-order chi connectivity index (χ0) is 17.0. The molecule has 0 saturated carbocycles. The molecule has 0 unspecified atom stereocenters. The zero-order valence-electron chi connectivity index (χ0n) is 11.9. The van der Waals surface area contributed by atoms with Gasteiger partial charge >= 0.3 is 18.2 Å². The first-order valence-electron chi connectivity index (χ1n) is 6.74. The van der Waals surface area contributed by atoms with Gasteiger partial charge in [-0.05, 0) is 29.7 Å². The Balaban J connectivity index is 2.03. The van der Waals surface area contributed by atoms with Crippen molar-refractivity contribution in [2.45, 2.75) is 19.1 Å². The van der Waals surface area contributed by atoms with Gasteiger partial charge < -0.3 is 15.3 Å². The maximum Gasteiger partial charge on any atom is 0.471 e. The topological polar surface area (TPSA) is 82.5 Å². The van der Waals surface area contributed by atoms with Crippen LogP contribution in [-0.2, 0) is 11.3 Å². The number of aromatic nitrogens is 1. The maximum atomic E-state index is 12.1. The highest BCUT2D eigenvalue weighted by atomic mass is 19.4. The van der Waals surface area contributed by atoms with E-state index in [1.165, 1.54) is 17.2 Å². The first-order chi connectivity index (χ1) is 10.8. The summed E-state index contributed by atoms with van der Waals surface area (Å²) in [6, 6.07) is 3.09. The molecule has 2 amide bonds. The summed E-state index contributed by atoms with van der Waals surface area (Å²) in [6.07, 6.45) is -2.29. The number of amides is 2. The molecule has 2 heterocycles. The third-order valence-corrected chi connectivity index (χ3v) is 3.34. The lowest BCUT2D eigenvalue weighted by atomic mass is 10.0. The number of carbonyl (C=O) groups excluding carboxylic acids is 1. The van der Waals surface area contributed by atoms with E-state index >= 15 is 0 Å². The van der Waals surface area contributed by atoms with Crippen LogP contribution in [0.3, 0.4) is 0 Å². The summed E-state index contributed by atoms with van der Waals surface area (Å²) >= 11 is 0. The molecule has 0 radical (unpaired) electrons. The molecule has 124 valence electrons. The lowest BCUT2D eigenvalue weighted by molar-refractivity contribution is -0.173. The van der Waals surface area contributed by atoms with E-state index in [0.29, 0.717) is 24.2 Å². The Hall–Kier alpha value is -2.58. The molecule has 0 saturated heterocycles. The van der Waals surface area contributed by atoms with Gasteiger partial charge in [-0.1, -0.05) is 6.08 Å². The second kappa shape index (κ2) is 6.67. The average Bonchev–Trinajstić information content (AvgIpc) is 2.52. The molecule has 1 aromatic rings. The normalized spacial score (nSPS) is 15.1. The third kappa shape index (κ3) is 4.44. The number of halogens is 3. The molecule has 0 spiro atoms. The van der Waals surface area contributed by atoms with Gasteiger partial charge in [-0.25, -0.2) is 4.79 Å². The van der Waals surface area contributed by atoms with Gasteiger partial charge in [0.1, 0.15) is 0 Å². The van der Waals surface area contributed by atoms with Crippen molar-refractivity contribution in [3.05, 3.63) is 35.7 Å². The van der Waals surface area contributed by atoms with Gasteiger partial charge in [0.2, 0.25) is 0 Å². The zero-order valence-corrected chi connectivity index (χ0v) is 11.9. The van der Waals surface area contributed by atoms with Crippen LogP contribution in [0, 0.1) is 0 Å². The van der Waals surface area contributed by atoms with Crippen molar-refractivity contribution in [3.63, 3.8) is 0 Å². The summed E-state index contributed by atoms with van der Waals surface area (Å²) in [5.41, 5.74) is 1.87. The fraction of sp³-hybridized carbons (Fsp3) is 0.357. The Morgan fingerprint density at radius 2 is 2.13 bits per heavy atom. The minimum absolute atomic E-state index is 0.237. The number of hydrogen-bond donors (Lipinski definition) is 2. The second-order valence-electron chi connectivity index (χ2n) is 4.94. The monoisotopic (exact) mass is 329 g/mol. The standard InChI is InChI=1S/C14H14F3N3O3/c15-14(16,17)12(21)19-8-9-1-4-18-11(7-9)10-2-5-20(6-3-10)13(22)23/h1-2,4,7H,3,5-6,8H2,(H,19,21)(H,22,23). The Kier molecular flexibility index (Phi) is 4.87. The van der Waals surface area contributed by atoms with Crippen LogP contribution >= 0.6 is 0 Å². The van der Waals surface area contributed by atoms with E-state index in [-0.39, 0.29) is 13.1 Å². The number of alkyl halides is 3. The maximum absolute atomic E-state index is 12.1. The summed E-state index contributed by atoms with van der Waals surface area (Å²) in [7, 11) is 0. The van der Waals surface area contributed by atoms with E-state index < -0.39 is 18.2 Å². The van der Waals surface area contributed by atoms with E-state index in [4.69, 9.17) is 5.11 Å². The molecule has 1 aliphatic rings.